The summed E-state index contributed by atoms with van der Waals surface area (Å²) in [4.78, 5) is 13.2. The highest BCUT2D eigenvalue weighted by atomic mass is 16.5. The van der Waals surface area contributed by atoms with Crippen LogP contribution in [0.3, 0.4) is 0 Å². The summed E-state index contributed by atoms with van der Waals surface area (Å²) < 4.78 is 5.61. The molecule has 2 rings (SSSR count). The summed E-state index contributed by atoms with van der Waals surface area (Å²) in [5, 5.41) is 13.5. The van der Waals surface area contributed by atoms with Gasteiger partial charge in [0.15, 0.2) is 0 Å². The van der Waals surface area contributed by atoms with Crippen molar-refractivity contribution in [3.05, 3.63) is 0 Å². The van der Waals surface area contributed by atoms with Crippen LogP contribution in [0.2, 0.25) is 0 Å². The maximum atomic E-state index is 11.5. The Morgan fingerprint density at radius 2 is 2.07 bits per heavy atom. The highest BCUT2D eigenvalue weighted by Gasteiger charge is 2.34. The van der Waals surface area contributed by atoms with Gasteiger partial charge in [-0.1, -0.05) is 0 Å². The summed E-state index contributed by atoms with van der Waals surface area (Å²) in [6.07, 6.45) is -0.846. The molecule has 0 aromatic rings. The molecule has 0 aromatic carbocycles. The van der Waals surface area contributed by atoms with Crippen LogP contribution in [-0.2, 0) is 9.53 Å². The second-order valence-electron chi connectivity index (χ2n) is 3.89. The van der Waals surface area contributed by atoms with Gasteiger partial charge in [0, 0.05) is 26.2 Å². The molecule has 2 unspecified atom stereocenters. The molecule has 2 aliphatic heterocycles. The molecule has 14 heavy (non-hydrogen) atoms. The lowest BCUT2D eigenvalue weighted by Crippen LogP contribution is -2.59. The first kappa shape index (κ1) is 9.89. The van der Waals surface area contributed by atoms with E-state index in [1.807, 2.05) is 0 Å². The molecule has 2 saturated heterocycles. The third kappa shape index (κ3) is 1.89. The second-order valence-corrected chi connectivity index (χ2v) is 3.89. The van der Waals surface area contributed by atoms with Crippen LogP contribution in [0.5, 0.6) is 0 Å². The molecule has 0 saturated carbocycles. The lowest BCUT2D eigenvalue weighted by molar-refractivity contribution is -0.156. The van der Waals surface area contributed by atoms with E-state index < -0.39 is 6.10 Å². The molecular weight excluding hydrogens is 184 g/mol. The lowest BCUT2D eigenvalue weighted by atomic mass is 10.1. The Hall–Kier alpha value is -0.650. The van der Waals surface area contributed by atoms with Crippen LogP contribution in [0.1, 0.15) is 6.92 Å². The largest absolute Gasteiger partial charge is 0.384 e. The highest BCUT2D eigenvalue weighted by molar-refractivity contribution is 5.80. The Kier molecular flexibility index (Phi) is 2.71. The summed E-state index contributed by atoms with van der Waals surface area (Å²) in [5.41, 5.74) is 0. The second kappa shape index (κ2) is 3.84. The molecule has 1 radical (unpaired) electrons. The van der Waals surface area contributed by atoms with E-state index >= 15 is 0 Å². The normalized spacial score (nSPS) is 34.0. The van der Waals surface area contributed by atoms with Crippen LogP contribution in [0, 0.1) is 0 Å². The Bertz CT molecular complexity index is 220. The van der Waals surface area contributed by atoms with Crippen molar-refractivity contribution in [2.75, 3.05) is 26.2 Å². The number of fused-ring (bicyclic) bond motifs is 2. The zero-order chi connectivity index (χ0) is 10.1. The highest BCUT2D eigenvalue weighted by Crippen LogP contribution is 2.15. The van der Waals surface area contributed by atoms with Crippen LogP contribution < -0.4 is 5.32 Å². The van der Waals surface area contributed by atoms with E-state index in [2.05, 4.69) is 5.32 Å². The zero-order valence-corrected chi connectivity index (χ0v) is 8.22. The molecule has 0 aliphatic carbocycles. The number of aliphatic hydroxyl groups excluding tert-OH is 1. The van der Waals surface area contributed by atoms with E-state index in [4.69, 9.17) is 4.74 Å². The van der Waals surface area contributed by atoms with Gasteiger partial charge in [-0.25, -0.2) is 5.32 Å². The molecule has 5 heteroatoms. The van der Waals surface area contributed by atoms with E-state index in [9.17, 15) is 9.90 Å². The molecule has 2 fully saturated rings. The minimum Gasteiger partial charge on any atom is -0.384 e. The first-order valence-corrected chi connectivity index (χ1v) is 4.92. The van der Waals surface area contributed by atoms with E-state index in [0.717, 1.165) is 0 Å². The van der Waals surface area contributed by atoms with Crippen LogP contribution in [0.15, 0.2) is 0 Å². The molecule has 1 N–H and O–H groups in total. The number of rotatable bonds is 1. The van der Waals surface area contributed by atoms with Crippen LogP contribution in [-0.4, -0.2) is 60.4 Å². The number of morpholine rings is 2. The number of amides is 1. The van der Waals surface area contributed by atoms with Crippen molar-refractivity contribution >= 4 is 5.91 Å². The van der Waals surface area contributed by atoms with Crippen LogP contribution in [0.4, 0.5) is 0 Å². The van der Waals surface area contributed by atoms with E-state index in [0.29, 0.717) is 26.2 Å². The van der Waals surface area contributed by atoms with Gasteiger partial charge in [0.1, 0.15) is 6.10 Å². The topological polar surface area (TPSA) is 63.9 Å². The Morgan fingerprint density at radius 3 is 2.57 bits per heavy atom. The van der Waals surface area contributed by atoms with Gasteiger partial charge in [0.25, 0.3) is 5.91 Å². The number of aliphatic hydroxyl groups is 1. The van der Waals surface area contributed by atoms with E-state index in [-0.39, 0.29) is 18.1 Å². The van der Waals surface area contributed by atoms with Gasteiger partial charge in [-0.3, -0.25) is 4.79 Å². The van der Waals surface area contributed by atoms with Crippen molar-refractivity contribution in [2.24, 2.45) is 0 Å². The molecule has 5 nitrogen and oxygen atoms in total. The van der Waals surface area contributed by atoms with Gasteiger partial charge in [-0.05, 0) is 6.92 Å². The van der Waals surface area contributed by atoms with Gasteiger partial charge >= 0.3 is 0 Å². The number of carbonyl (C=O) groups is 1. The molecule has 79 valence electrons. The minimum absolute atomic E-state index is 0.0326. The molecular formula is C9H15N2O3. The first-order chi connectivity index (χ1) is 6.66. The summed E-state index contributed by atoms with van der Waals surface area (Å²) in [6.45, 7) is 3.95. The molecule has 0 spiro atoms. The molecule has 2 aliphatic rings. The van der Waals surface area contributed by atoms with Crippen molar-refractivity contribution in [1.82, 2.24) is 10.2 Å². The van der Waals surface area contributed by atoms with Gasteiger partial charge in [0.05, 0.1) is 12.2 Å². The molecule has 3 atom stereocenters. The average Bonchev–Trinajstić information content (AvgIpc) is 2.15. The standard InChI is InChI=1S/C9H15N2O3/c1-6(12)9(13)11-4-7-2-10-3-8(5-11)14-7/h6-8,12H,2-5H2,1H3/t6-,7?,8?/m0/s1. The Balaban J connectivity index is 1.98. The predicted molar refractivity (Wildman–Crippen MR) is 48.8 cm³/mol. The summed E-state index contributed by atoms with van der Waals surface area (Å²) in [7, 11) is 0. The maximum absolute atomic E-state index is 11.5. The van der Waals surface area contributed by atoms with Crippen LogP contribution in [0.25, 0.3) is 0 Å². The van der Waals surface area contributed by atoms with Crippen molar-refractivity contribution in [2.45, 2.75) is 25.2 Å². The van der Waals surface area contributed by atoms with Crippen molar-refractivity contribution in [3.63, 3.8) is 0 Å². The fraction of sp³-hybridized carbons (Fsp3) is 0.889. The Morgan fingerprint density at radius 1 is 1.50 bits per heavy atom. The quantitative estimate of drug-likeness (QED) is 0.564. The van der Waals surface area contributed by atoms with Crippen LogP contribution >= 0.6 is 0 Å². The van der Waals surface area contributed by atoms with Crippen molar-refractivity contribution in [1.29, 1.82) is 0 Å². The number of nitrogens with zero attached hydrogens (tertiary/aromatic N) is 2. The molecule has 2 bridgehead atoms. The van der Waals surface area contributed by atoms with Crippen molar-refractivity contribution in [3.8, 4) is 0 Å². The monoisotopic (exact) mass is 199 g/mol. The number of ether oxygens (including phenoxy) is 1. The molecule has 2 heterocycles. The van der Waals surface area contributed by atoms with E-state index in [1.54, 1.807) is 4.90 Å². The first-order valence-electron chi connectivity index (χ1n) is 4.92. The summed E-state index contributed by atoms with van der Waals surface area (Å²) >= 11 is 0. The molecule has 0 aromatic heterocycles. The predicted octanol–water partition coefficient (Wildman–Crippen LogP) is -1.42. The number of hydrogen-bond acceptors (Lipinski definition) is 3. The molecule has 1 amide bonds. The van der Waals surface area contributed by atoms with Gasteiger partial charge < -0.3 is 14.7 Å². The lowest BCUT2D eigenvalue weighted by Gasteiger charge is -2.41. The van der Waals surface area contributed by atoms with Gasteiger partial charge in [-0.15, -0.1) is 0 Å². The minimum atomic E-state index is -0.911. The zero-order valence-electron chi connectivity index (χ0n) is 8.22. The van der Waals surface area contributed by atoms with Crippen molar-refractivity contribution < 1.29 is 14.6 Å². The third-order valence-corrected chi connectivity index (χ3v) is 2.57. The van der Waals surface area contributed by atoms with E-state index in [1.165, 1.54) is 6.92 Å². The summed E-state index contributed by atoms with van der Waals surface area (Å²) in [6, 6.07) is 0. The SMILES string of the molecule is C[C@H](O)C(=O)N1CC2C[N]CC(C1)O2. The fourth-order valence-corrected chi connectivity index (χ4v) is 1.93. The average molecular weight is 199 g/mol. The fourth-order valence-electron chi connectivity index (χ4n) is 1.93. The smallest absolute Gasteiger partial charge is 0.251 e. The maximum Gasteiger partial charge on any atom is 0.251 e. The summed E-state index contributed by atoms with van der Waals surface area (Å²) in [5.74, 6) is -0.204. The third-order valence-electron chi connectivity index (χ3n) is 2.57. The Labute approximate surface area is 83.0 Å². The van der Waals surface area contributed by atoms with Gasteiger partial charge in [-0.2, -0.15) is 0 Å². The van der Waals surface area contributed by atoms with Gasteiger partial charge in [0.2, 0.25) is 0 Å². The number of carbonyl (C=O) groups excluding carboxylic acids is 1. The number of hydrogen-bond donors (Lipinski definition) is 1.